The SMILES string of the molecule is CCc1ccc(CNc2ccc(S(N)(=O)=O)cc2N)cc1. The Kier molecular flexibility index (Phi) is 4.50. The summed E-state index contributed by atoms with van der Waals surface area (Å²) in [6.07, 6.45) is 1.01. The molecule has 0 fully saturated rings. The van der Waals surface area contributed by atoms with Crippen molar-refractivity contribution in [3.8, 4) is 0 Å². The van der Waals surface area contributed by atoms with E-state index in [1.165, 1.54) is 17.7 Å². The summed E-state index contributed by atoms with van der Waals surface area (Å²) in [5.41, 5.74) is 9.30. The first-order chi connectivity index (χ1) is 9.90. The fraction of sp³-hybridized carbons (Fsp3) is 0.200. The van der Waals surface area contributed by atoms with Crippen molar-refractivity contribution in [1.82, 2.24) is 0 Å². The van der Waals surface area contributed by atoms with Crippen LogP contribution < -0.4 is 16.2 Å². The fourth-order valence-corrected chi connectivity index (χ4v) is 2.52. The normalized spacial score (nSPS) is 11.3. The van der Waals surface area contributed by atoms with Crippen LogP contribution in [0.4, 0.5) is 11.4 Å². The molecule has 0 aliphatic rings. The van der Waals surface area contributed by atoms with Gasteiger partial charge in [0.15, 0.2) is 0 Å². The number of nitrogens with one attached hydrogen (secondary N) is 1. The van der Waals surface area contributed by atoms with Crippen molar-refractivity contribution in [2.45, 2.75) is 24.8 Å². The summed E-state index contributed by atoms with van der Waals surface area (Å²) >= 11 is 0. The maximum absolute atomic E-state index is 11.2. The highest BCUT2D eigenvalue weighted by Crippen LogP contribution is 2.22. The molecule has 0 saturated carbocycles. The molecule has 2 rings (SSSR count). The van der Waals surface area contributed by atoms with Crippen LogP contribution in [-0.2, 0) is 23.0 Å². The molecule has 0 radical (unpaired) electrons. The predicted octanol–water partition coefficient (Wildman–Crippen LogP) is 2.09. The van der Waals surface area contributed by atoms with Crippen molar-refractivity contribution in [1.29, 1.82) is 0 Å². The predicted molar refractivity (Wildman–Crippen MR) is 85.4 cm³/mol. The van der Waals surface area contributed by atoms with Crippen LogP contribution in [0.5, 0.6) is 0 Å². The van der Waals surface area contributed by atoms with Gasteiger partial charge in [-0.3, -0.25) is 0 Å². The van der Waals surface area contributed by atoms with Crippen LogP contribution in [0.3, 0.4) is 0 Å². The Labute approximate surface area is 125 Å². The van der Waals surface area contributed by atoms with E-state index in [-0.39, 0.29) is 4.90 Å². The smallest absolute Gasteiger partial charge is 0.238 e. The summed E-state index contributed by atoms with van der Waals surface area (Å²) in [6.45, 7) is 2.73. The summed E-state index contributed by atoms with van der Waals surface area (Å²) in [7, 11) is -3.72. The summed E-state index contributed by atoms with van der Waals surface area (Å²) < 4.78 is 22.5. The van der Waals surface area contributed by atoms with Gasteiger partial charge in [0, 0.05) is 6.54 Å². The number of aryl methyl sites for hydroxylation is 1. The molecule has 5 nitrogen and oxygen atoms in total. The summed E-state index contributed by atoms with van der Waals surface area (Å²) in [5.74, 6) is 0. The second-order valence-corrected chi connectivity index (χ2v) is 6.38. The first-order valence-corrected chi connectivity index (χ1v) is 8.19. The highest BCUT2D eigenvalue weighted by Gasteiger charge is 2.09. The van der Waals surface area contributed by atoms with Gasteiger partial charge in [-0.2, -0.15) is 0 Å². The molecule has 5 N–H and O–H groups in total. The molecule has 2 aromatic carbocycles. The topological polar surface area (TPSA) is 98.2 Å². The molecule has 0 heterocycles. The van der Waals surface area contributed by atoms with Gasteiger partial charge in [0.2, 0.25) is 10.0 Å². The number of benzene rings is 2. The lowest BCUT2D eigenvalue weighted by atomic mass is 10.1. The van der Waals surface area contributed by atoms with Gasteiger partial charge in [-0.1, -0.05) is 31.2 Å². The number of nitrogen functional groups attached to an aromatic ring is 1. The molecule has 6 heteroatoms. The van der Waals surface area contributed by atoms with Crippen molar-refractivity contribution in [3.05, 3.63) is 53.6 Å². The van der Waals surface area contributed by atoms with Crippen LogP contribution in [0.1, 0.15) is 18.1 Å². The van der Waals surface area contributed by atoms with Crippen LogP contribution >= 0.6 is 0 Å². The molecule has 0 amide bonds. The number of anilines is 2. The minimum absolute atomic E-state index is 0.0119. The Morgan fingerprint density at radius 3 is 2.19 bits per heavy atom. The average molecular weight is 305 g/mol. The molecular weight excluding hydrogens is 286 g/mol. The van der Waals surface area contributed by atoms with E-state index in [1.54, 1.807) is 6.07 Å². The average Bonchev–Trinajstić information content (AvgIpc) is 2.45. The van der Waals surface area contributed by atoms with Gasteiger partial charge >= 0.3 is 0 Å². The van der Waals surface area contributed by atoms with Crippen molar-refractivity contribution < 1.29 is 8.42 Å². The Bertz CT molecular complexity index is 725. The number of hydrogen-bond donors (Lipinski definition) is 3. The van der Waals surface area contributed by atoms with Crippen LogP contribution in [0.25, 0.3) is 0 Å². The Morgan fingerprint density at radius 1 is 1.05 bits per heavy atom. The second kappa shape index (κ2) is 6.15. The minimum atomic E-state index is -3.72. The van der Waals surface area contributed by atoms with Crippen LogP contribution in [0, 0.1) is 0 Å². The van der Waals surface area contributed by atoms with Crippen molar-refractivity contribution >= 4 is 21.4 Å². The van der Waals surface area contributed by atoms with E-state index >= 15 is 0 Å². The van der Waals surface area contributed by atoms with Gasteiger partial charge < -0.3 is 11.1 Å². The van der Waals surface area contributed by atoms with Crippen LogP contribution in [0.2, 0.25) is 0 Å². The van der Waals surface area contributed by atoms with Crippen molar-refractivity contribution in [3.63, 3.8) is 0 Å². The highest BCUT2D eigenvalue weighted by molar-refractivity contribution is 7.89. The van der Waals surface area contributed by atoms with E-state index in [9.17, 15) is 8.42 Å². The van der Waals surface area contributed by atoms with E-state index in [0.29, 0.717) is 17.9 Å². The highest BCUT2D eigenvalue weighted by atomic mass is 32.2. The van der Waals surface area contributed by atoms with E-state index < -0.39 is 10.0 Å². The number of hydrogen-bond acceptors (Lipinski definition) is 4. The van der Waals surface area contributed by atoms with E-state index in [4.69, 9.17) is 10.9 Å². The third-order valence-corrected chi connectivity index (χ3v) is 4.18. The summed E-state index contributed by atoms with van der Waals surface area (Å²) in [6, 6.07) is 12.7. The van der Waals surface area contributed by atoms with E-state index in [2.05, 4.69) is 36.5 Å². The minimum Gasteiger partial charge on any atom is -0.397 e. The molecule has 0 atom stereocenters. The molecule has 2 aromatic rings. The molecule has 21 heavy (non-hydrogen) atoms. The molecule has 0 bridgehead atoms. The summed E-state index contributed by atoms with van der Waals surface area (Å²) in [4.78, 5) is 0.0119. The van der Waals surface area contributed by atoms with Gasteiger partial charge in [0.1, 0.15) is 0 Å². The molecule has 0 spiro atoms. The number of sulfonamides is 1. The Hall–Kier alpha value is -2.05. The number of primary sulfonamides is 1. The lowest BCUT2D eigenvalue weighted by molar-refractivity contribution is 0.598. The van der Waals surface area contributed by atoms with E-state index in [0.717, 1.165) is 12.0 Å². The largest absolute Gasteiger partial charge is 0.397 e. The maximum atomic E-state index is 11.2. The molecule has 112 valence electrons. The standard InChI is InChI=1S/C15H19N3O2S/c1-2-11-3-5-12(6-4-11)10-18-15-8-7-13(9-14(15)16)21(17,19)20/h3-9,18H,2,10,16H2,1H3,(H2,17,19,20). The molecule has 0 aromatic heterocycles. The van der Waals surface area contributed by atoms with Gasteiger partial charge in [-0.25, -0.2) is 13.6 Å². The molecule has 0 saturated heterocycles. The zero-order valence-electron chi connectivity index (χ0n) is 11.8. The molecular formula is C15H19N3O2S. The van der Waals surface area contributed by atoms with Crippen LogP contribution in [0.15, 0.2) is 47.4 Å². The third kappa shape index (κ3) is 3.96. The first kappa shape index (κ1) is 15.3. The van der Waals surface area contributed by atoms with Crippen molar-refractivity contribution in [2.75, 3.05) is 11.1 Å². The zero-order valence-corrected chi connectivity index (χ0v) is 12.7. The van der Waals surface area contributed by atoms with Crippen LogP contribution in [-0.4, -0.2) is 8.42 Å². The van der Waals surface area contributed by atoms with Gasteiger partial charge in [0.05, 0.1) is 16.3 Å². The number of rotatable bonds is 5. The summed E-state index contributed by atoms with van der Waals surface area (Å²) in [5, 5.41) is 8.25. The first-order valence-electron chi connectivity index (χ1n) is 6.64. The maximum Gasteiger partial charge on any atom is 0.238 e. The van der Waals surface area contributed by atoms with E-state index in [1.807, 2.05) is 0 Å². The lowest BCUT2D eigenvalue weighted by Gasteiger charge is -2.11. The lowest BCUT2D eigenvalue weighted by Crippen LogP contribution is -2.13. The van der Waals surface area contributed by atoms with Gasteiger partial charge in [-0.05, 0) is 35.7 Å². The monoisotopic (exact) mass is 305 g/mol. The quantitative estimate of drug-likeness (QED) is 0.737. The zero-order chi connectivity index (χ0) is 15.5. The fourth-order valence-electron chi connectivity index (χ4n) is 1.97. The molecule has 0 aliphatic heterocycles. The Morgan fingerprint density at radius 2 is 1.67 bits per heavy atom. The van der Waals surface area contributed by atoms with Gasteiger partial charge in [-0.15, -0.1) is 0 Å². The molecule has 0 aliphatic carbocycles. The Balaban J connectivity index is 2.09. The second-order valence-electron chi connectivity index (χ2n) is 4.82. The van der Waals surface area contributed by atoms with Crippen molar-refractivity contribution in [2.24, 2.45) is 5.14 Å². The molecule has 0 unspecified atom stereocenters. The third-order valence-electron chi connectivity index (χ3n) is 3.27. The van der Waals surface area contributed by atoms with Gasteiger partial charge in [0.25, 0.3) is 0 Å². The number of nitrogens with two attached hydrogens (primary N) is 2.